The van der Waals surface area contributed by atoms with Gasteiger partial charge in [-0.2, -0.15) is 0 Å². The van der Waals surface area contributed by atoms with Gasteiger partial charge in [0.05, 0.1) is 50.0 Å². The minimum Gasteiger partial charge on any atom is -0.488 e. The van der Waals surface area contributed by atoms with E-state index in [-0.39, 0.29) is 56.1 Å². The summed E-state index contributed by atoms with van der Waals surface area (Å²) < 4.78 is 47.7. The molecule has 0 spiro atoms. The summed E-state index contributed by atoms with van der Waals surface area (Å²) in [6.45, 7) is 41.3. The molecule has 2 saturated heterocycles. The van der Waals surface area contributed by atoms with Crippen LogP contribution < -0.4 is 20.4 Å². The van der Waals surface area contributed by atoms with Gasteiger partial charge in [0, 0.05) is 0 Å². The lowest BCUT2D eigenvalue weighted by molar-refractivity contribution is -0.0560. The fourth-order valence-electron chi connectivity index (χ4n) is 7.99. The van der Waals surface area contributed by atoms with Crippen LogP contribution in [0.1, 0.15) is 121 Å². The van der Waals surface area contributed by atoms with Crippen molar-refractivity contribution in [1.82, 2.24) is 0 Å². The molecule has 2 aromatic carbocycles. The topological polar surface area (TPSA) is 64.6 Å². The molecule has 4 heterocycles. The van der Waals surface area contributed by atoms with E-state index >= 15 is 0 Å². The van der Waals surface area contributed by atoms with Crippen LogP contribution in [0.15, 0.2) is 36.4 Å². The molecule has 2 aromatic rings. The van der Waals surface area contributed by atoms with E-state index in [9.17, 15) is 0 Å². The fraction of sp³-hybridized carbons (Fsp3) is 0.727. The molecule has 304 valence electrons. The second-order valence-corrected chi connectivity index (χ2v) is 33.2. The maximum atomic E-state index is 7.84. The zero-order valence-electron chi connectivity index (χ0n) is 37.6. The lowest BCUT2D eigenvalue weighted by Crippen LogP contribution is -2.65. The molecule has 0 aliphatic carbocycles. The van der Waals surface area contributed by atoms with Crippen molar-refractivity contribution in [1.29, 1.82) is 0 Å². The van der Waals surface area contributed by atoms with Crippen molar-refractivity contribution >= 4 is 41.3 Å². The Kier molecular flexibility index (Phi) is 11.0. The lowest BCUT2D eigenvalue weighted by atomic mass is 9.77. The molecule has 0 radical (unpaired) electrons. The van der Waals surface area contributed by atoms with Gasteiger partial charge in [-0.1, -0.05) is 92.0 Å². The number of fused-ring (bicyclic) bond motifs is 2. The van der Waals surface area contributed by atoms with Crippen LogP contribution in [0, 0.1) is 0 Å². The van der Waals surface area contributed by atoms with E-state index in [1.807, 2.05) is 0 Å². The van der Waals surface area contributed by atoms with Gasteiger partial charge in [-0.3, -0.25) is 0 Å². The van der Waals surface area contributed by atoms with Crippen molar-refractivity contribution in [2.24, 2.45) is 0 Å². The number of hydrogen-bond acceptors (Lipinski definition) is 7. The number of ether oxygens (including phenoxy) is 3. The van der Waals surface area contributed by atoms with E-state index < -0.39 is 30.4 Å². The van der Waals surface area contributed by atoms with Gasteiger partial charge in [0.2, 0.25) is 0 Å². The Morgan fingerprint density at radius 1 is 0.564 bits per heavy atom. The van der Waals surface area contributed by atoms with Crippen molar-refractivity contribution < 1.29 is 32.8 Å². The summed E-state index contributed by atoms with van der Waals surface area (Å²) in [4.78, 5) is 0. The van der Waals surface area contributed by atoms with Gasteiger partial charge in [-0.05, 0) is 125 Å². The zero-order chi connectivity index (χ0) is 40.9. The average molecular weight is 791 g/mol. The van der Waals surface area contributed by atoms with Crippen molar-refractivity contribution in [3.8, 4) is 11.5 Å². The third-order valence-electron chi connectivity index (χ3n) is 15.4. The molecule has 6 rings (SSSR count). The molecule has 2 unspecified atom stereocenters. The quantitative estimate of drug-likeness (QED) is 0.247. The van der Waals surface area contributed by atoms with Gasteiger partial charge < -0.3 is 32.8 Å². The molecule has 0 bridgehead atoms. The largest absolute Gasteiger partial charge is 0.494 e. The first kappa shape index (κ1) is 43.0. The molecule has 4 aliphatic rings. The molecule has 55 heavy (non-hydrogen) atoms. The molecule has 4 atom stereocenters. The maximum absolute atomic E-state index is 7.84. The summed E-state index contributed by atoms with van der Waals surface area (Å²) in [5, 5.41) is 0.174. The summed E-state index contributed by atoms with van der Waals surface area (Å²) >= 11 is 0. The third kappa shape index (κ3) is 7.83. The Morgan fingerprint density at radius 3 is 1.16 bits per heavy atom. The van der Waals surface area contributed by atoms with E-state index in [2.05, 4.69) is 160 Å². The molecule has 4 aliphatic heterocycles. The molecule has 0 amide bonds. The lowest BCUT2D eigenvalue weighted by Gasteiger charge is -2.52. The summed E-state index contributed by atoms with van der Waals surface area (Å²) in [5.74, 6) is 1.90. The predicted octanol–water partition coefficient (Wildman–Crippen LogP) is 9.22. The van der Waals surface area contributed by atoms with Crippen LogP contribution in [0.3, 0.4) is 0 Å². The van der Waals surface area contributed by atoms with Crippen molar-refractivity contribution in [3.63, 3.8) is 0 Å². The van der Waals surface area contributed by atoms with Crippen molar-refractivity contribution in [3.05, 3.63) is 47.5 Å². The summed E-state index contributed by atoms with van der Waals surface area (Å²) in [5.41, 5.74) is 2.93. The number of aryl methyl sites for hydroxylation is 2. The standard InChI is InChI=1S/C44H72B2O7Si2/c1-39(2,3)54(15,16)37(35-23-19-29-27-31(21-25-33(29)47-35)45-50-41(7,8)42(9,10)51-45)49-38(55(17,18)40(4,5)6)36-24-20-30-28-32(22-26-34(30)48-36)46-52-43(11,12)44(13,14)53-46/h21-22,25-28,35-38H,19-20,23-24H2,1-18H3/t35-,36-,37?,38?/m1/s1. The number of benzene rings is 2. The first-order valence-electron chi connectivity index (χ1n) is 20.9. The molecule has 0 N–H and O–H groups in total. The fourth-order valence-corrected chi connectivity index (χ4v) is 13.1. The number of rotatable bonds is 8. The van der Waals surface area contributed by atoms with E-state index in [0.29, 0.717) is 0 Å². The van der Waals surface area contributed by atoms with E-state index in [4.69, 9.17) is 32.8 Å². The Hall–Kier alpha value is -1.60. The highest BCUT2D eigenvalue weighted by Gasteiger charge is 2.56. The molecular formula is C44H72B2O7Si2. The zero-order valence-corrected chi connectivity index (χ0v) is 39.6. The predicted molar refractivity (Wildman–Crippen MR) is 233 cm³/mol. The number of hydrogen-bond donors (Lipinski definition) is 0. The second kappa shape index (κ2) is 14.0. The third-order valence-corrected chi connectivity index (χ3v) is 27.0. The molecule has 7 nitrogen and oxygen atoms in total. The smallest absolute Gasteiger partial charge is 0.488 e. The highest BCUT2D eigenvalue weighted by molar-refractivity contribution is 6.83. The van der Waals surface area contributed by atoms with E-state index in [0.717, 1.165) is 48.1 Å². The normalized spacial score (nSPS) is 25.8. The van der Waals surface area contributed by atoms with Gasteiger partial charge in [0.15, 0.2) is 0 Å². The van der Waals surface area contributed by atoms with E-state index in [1.165, 1.54) is 11.1 Å². The van der Waals surface area contributed by atoms with Crippen LogP contribution in [0.25, 0.3) is 0 Å². The molecule has 0 aromatic heterocycles. The first-order valence-corrected chi connectivity index (χ1v) is 27.1. The van der Waals surface area contributed by atoms with Gasteiger partial charge >= 0.3 is 14.2 Å². The molecular weight excluding hydrogens is 718 g/mol. The van der Waals surface area contributed by atoms with Crippen molar-refractivity contribution in [2.75, 3.05) is 0 Å². The Bertz CT molecular complexity index is 1580. The summed E-state index contributed by atoms with van der Waals surface area (Å²) in [6.07, 6.45) is 3.54. The second-order valence-electron chi connectivity index (χ2n) is 22.2. The minimum absolute atomic E-state index is 0.0294. The Labute approximate surface area is 336 Å². The van der Waals surface area contributed by atoms with Crippen LogP contribution in [0.4, 0.5) is 0 Å². The van der Waals surface area contributed by atoms with Gasteiger partial charge in [-0.15, -0.1) is 0 Å². The molecule has 2 fully saturated rings. The minimum atomic E-state index is -2.14. The summed E-state index contributed by atoms with van der Waals surface area (Å²) in [6, 6.07) is 13.0. The van der Waals surface area contributed by atoms with Gasteiger partial charge in [0.1, 0.15) is 23.7 Å². The highest BCUT2D eigenvalue weighted by atomic mass is 28.3. The maximum Gasteiger partial charge on any atom is 0.494 e. The summed E-state index contributed by atoms with van der Waals surface area (Å²) in [7, 11) is -5.06. The van der Waals surface area contributed by atoms with E-state index in [1.54, 1.807) is 0 Å². The van der Waals surface area contributed by atoms with Gasteiger partial charge in [-0.25, -0.2) is 0 Å². The van der Waals surface area contributed by atoms with Crippen LogP contribution >= 0.6 is 0 Å². The van der Waals surface area contributed by atoms with Crippen LogP contribution in [0.2, 0.25) is 36.3 Å². The van der Waals surface area contributed by atoms with Gasteiger partial charge in [0.25, 0.3) is 0 Å². The highest BCUT2D eigenvalue weighted by Crippen LogP contribution is 2.48. The van der Waals surface area contributed by atoms with Crippen molar-refractivity contribution in [2.45, 2.75) is 205 Å². The Morgan fingerprint density at radius 2 is 0.873 bits per heavy atom. The van der Waals surface area contributed by atoms with Crippen LogP contribution in [-0.2, 0) is 36.2 Å². The van der Waals surface area contributed by atoms with Crippen LogP contribution in [0.5, 0.6) is 11.5 Å². The average Bonchev–Trinajstić information content (AvgIpc) is 3.42. The first-order chi connectivity index (χ1) is 25.0. The SMILES string of the molecule is CC1(C)OB(c2ccc3c(c2)CC[C@H](C(OC([C@H]2CCc4cc(B5OC(C)(C)C(C)(C)O5)ccc4O2)[Si](C)(C)C(C)(C)C)[Si](C)(C)C(C)(C)C)O3)OC1(C)C. The molecule has 0 saturated carbocycles. The monoisotopic (exact) mass is 791 g/mol. The Balaban J connectivity index is 1.28. The van der Waals surface area contributed by atoms with Crippen LogP contribution in [-0.4, -0.2) is 76.5 Å². The molecule has 11 heteroatoms.